The van der Waals surface area contributed by atoms with E-state index in [2.05, 4.69) is 21.7 Å². The Labute approximate surface area is 152 Å². The lowest BCUT2D eigenvalue weighted by Crippen LogP contribution is -2.45. The van der Waals surface area contributed by atoms with Crippen LogP contribution >= 0.6 is 0 Å². The van der Waals surface area contributed by atoms with Crippen LogP contribution in [0.15, 0.2) is 23.2 Å². The predicted molar refractivity (Wildman–Crippen MR) is 96.8 cm³/mol. The quantitative estimate of drug-likeness (QED) is 0.595. The molecule has 0 bridgehead atoms. The van der Waals surface area contributed by atoms with Gasteiger partial charge in [-0.2, -0.15) is 13.2 Å². The maximum atomic E-state index is 12.5. The van der Waals surface area contributed by atoms with Crippen LogP contribution in [0.3, 0.4) is 0 Å². The molecule has 1 fully saturated rings. The number of benzene rings is 1. The highest BCUT2D eigenvalue weighted by Gasteiger charge is 2.34. The third kappa shape index (κ3) is 6.40. The Kier molecular flexibility index (Phi) is 7.14. The Morgan fingerprint density at radius 2 is 2.15 bits per heavy atom. The van der Waals surface area contributed by atoms with Gasteiger partial charge in [0.1, 0.15) is 5.75 Å². The van der Waals surface area contributed by atoms with E-state index in [-0.39, 0.29) is 6.04 Å². The molecule has 1 aromatic rings. The number of halogens is 3. The Morgan fingerprint density at radius 1 is 1.38 bits per heavy atom. The summed E-state index contributed by atoms with van der Waals surface area (Å²) >= 11 is 0. The summed E-state index contributed by atoms with van der Waals surface area (Å²) in [5.74, 6) is 1.48. The second-order valence-corrected chi connectivity index (χ2v) is 6.53. The first-order chi connectivity index (χ1) is 12.3. The van der Waals surface area contributed by atoms with Crippen LogP contribution in [0.1, 0.15) is 17.5 Å². The van der Waals surface area contributed by atoms with Crippen molar-refractivity contribution in [1.82, 2.24) is 15.5 Å². The average molecular weight is 372 g/mol. The molecule has 0 spiro atoms. The Hall–Kier alpha value is -1.96. The molecule has 26 heavy (non-hydrogen) atoms. The van der Waals surface area contributed by atoms with Crippen LogP contribution in [-0.4, -0.2) is 63.4 Å². The first kappa shape index (κ1) is 20.4. The normalized spacial score (nSPS) is 18.8. The highest BCUT2D eigenvalue weighted by Crippen LogP contribution is 2.20. The number of nitrogens with one attached hydrogen (secondary N) is 2. The summed E-state index contributed by atoms with van der Waals surface area (Å²) in [5.41, 5.74) is 2.24. The zero-order valence-electron chi connectivity index (χ0n) is 15.5. The number of hydrogen-bond acceptors (Lipinski definition) is 3. The van der Waals surface area contributed by atoms with Gasteiger partial charge in [-0.25, -0.2) is 0 Å². The molecule has 0 aromatic heterocycles. The van der Waals surface area contributed by atoms with Crippen molar-refractivity contribution in [2.75, 3.05) is 40.3 Å². The molecule has 1 heterocycles. The number of guanidine groups is 1. The van der Waals surface area contributed by atoms with E-state index in [1.165, 1.54) is 4.90 Å². The lowest BCUT2D eigenvalue weighted by Gasteiger charge is -2.20. The molecule has 1 aliphatic rings. The topological polar surface area (TPSA) is 48.9 Å². The fourth-order valence-electron chi connectivity index (χ4n) is 3.08. The molecular formula is C18H27F3N4O. The van der Waals surface area contributed by atoms with Crippen molar-refractivity contribution >= 4 is 5.96 Å². The van der Waals surface area contributed by atoms with Crippen LogP contribution in [0.2, 0.25) is 0 Å². The number of hydrogen-bond donors (Lipinski definition) is 2. The standard InChI is InChI=1S/C18H27F3N4O/c1-13-4-5-14(10-16(13)26-3)6-8-23-17(22-2)24-15-7-9-25(11-15)12-18(19,20)21/h4-5,10,15H,6-9,11-12H2,1-3H3,(H2,22,23,24). The molecule has 1 unspecified atom stereocenters. The first-order valence-corrected chi connectivity index (χ1v) is 8.70. The van der Waals surface area contributed by atoms with E-state index < -0.39 is 12.7 Å². The molecule has 0 amide bonds. The molecule has 1 saturated heterocycles. The Bertz CT molecular complexity index is 619. The predicted octanol–water partition coefficient (Wildman–Crippen LogP) is 2.35. The zero-order valence-corrected chi connectivity index (χ0v) is 15.5. The van der Waals surface area contributed by atoms with Gasteiger partial charge in [-0.3, -0.25) is 9.89 Å². The molecule has 2 rings (SSSR count). The van der Waals surface area contributed by atoms with E-state index in [0.717, 1.165) is 23.3 Å². The number of aliphatic imine (C=N–C) groups is 1. The third-order valence-corrected chi connectivity index (χ3v) is 4.42. The summed E-state index contributed by atoms with van der Waals surface area (Å²) in [4.78, 5) is 5.58. The second-order valence-electron chi connectivity index (χ2n) is 6.53. The fourth-order valence-corrected chi connectivity index (χ4v) is 3.08. The number of rotatable bonds is 6. The van der Waals surface area contributed by atoms with E-state index >= 15 is 0 Å². The van der Waals surface area contributed by atoms with Gasteiger partial charge < -0.3 is 15.4 Å². The van der Waals surface area contributed by atoms with Gasteiger partial charge in [0.05, 0.1) is 13.7 Å². The van der Waals surface area contributed by atoms with Gasteiger partial charge in [0.15, 0.2) is 5.96 Å². The van der Waals surface area contributed by atoms with Crippen molar-refractivity contribution in [2.45, 2.75) is 32.0 Å². The van der Waals surface area contributed by atoms with Crippen LogP contribution in [0.4, 0.5) is 13.2 Å². The number of methoxy groups -OCH3 is 1. The molecule has 1 atom stereocenters. The molecule has 5 nitrogen and oxygen atoms in total. The van der Waals surface area contributed by atoms with Gasteiger partial charge in [-0.05, 0) is 37.0 Å². The van der Waals surface area contributed by atoms with Crippen LogP contribution in [0.5, 0.6) is 5.75 Å². The van der Waals surface area contributed by atoms with Crippen LogP contribution in [0, 0.1) is 6.92 Å². The van der Waals surface area contributed by atoms with Crippen molar-refractivity contribution in [3.05, 3.63) is 29.3 Å². The van der Waals surface area contributed by atoms with Crippen LogP contribution in [0.25, 0.3) is 0 Å². The van der Waals surface area contributed by atoms with Crippen molar-refractivity contribution in [1.29, 1.82) is 0 Å². The minimum atomic E-state index is -4.15. The molecule has 0 radical (unpaired) electrons. The van der Waals surface area contributed by atoms with Gasteiger partial charge in [0, 0.05) is 32.7 Å². The zero-order chi connectivity index (χ0) is 19.2. The van der Waals surface area contributed by atoms with Crippen molar-refractivity contribution in [3.63, 3.8) is 0 Å². The maximum absolute atomic E-state index is 12.5. The smallest absolute Gasteiger partial charge is 0.401 e. The van der Waals surface area contributed by atoms with Gasteiger partial charge in [0.25, 0.3) is 0 Å². The highest BCUT2D eigenvalue weighted by atomic mass is 19.4. The molecule has 146 valence electrons. The van der Waals surface area contributed by atoms with Crippen molar-refractivity contribution < 1.29 is 17.9 Å². The summed E-state index contributed by atoms with van der Waals surface area (Å²) in [7, 11) is 3.31. The molecule has 1 aliphatic heterocycles. The van der Waals surface area contributed by atoms with Crippen molar-refractivity contribution in [2.24, 2.45) is 4.99 Å². The van der Waals surface area contributed by atoms with E-state index in [9.17, 15) is 13.2 Å². The van der Waals surface area contributed by atoms with E-state index in [1.54, 1.807) is 14.2 Å². The summed E-state index contributed by atoms with van der Waals surface area (Å²) < 4.78 is 42.7. The van der Waals surface area contributed by atoms with E-state index in [4.69, 9.17) is 4.74 Å². The maximum Gasteiger partial charge on any atom is 0.401 e. The lowest BCUT2D eigenvalue weighted by atomic mass is 10.1. The number of aryl methyl sites for hydroxylation is 1. The molecule has 8 heteroatoms. The highest BCUT2D eigenvalue weighted by molar-refractivity contribution is 5.80. The number of ether oxygens (including phenoxy) is 1. The summed E-state index contributed by atoms with van der Waals surface area (Å²) in [5, 5.41) is 6.42. The van der Waals surface area contributed by atoms with Gasteiger partial charge in [-0.15, -0.1) is 0 Å². The minimum Gasteiger partial charge on any atom is -0.496 e. The number of nitrogens with zero attached hydrogens (tertiary/aromatic N) is 2. The lowest BCUT2D eigenvalue weighted by molar-refractivity contribution is -0.143. The minimum absolute atomic E-state index is 0.0250. The number of likely N-dealkylation sites (tertiary alicyclic amines) is 1. The summed E-state index contributed by atoms with van der Waals surface area (Å²) in [6.45, 7) is 2.63. The van der Waals surface area contributed by atoms with Gasteiger partial charge in [0.2, 0.25) is 0 Å². The fraction of sp³-hybridized carbons (Fsp3) is 0.611. The summed E-state index contributed by atoms with van der Waals surface area (Å²) in [6.07, 6.45) is -2.68. The van der Waals surface area contributed by atoms with E-state index in [0.29, 0.717) is 32.0 Å². The van der Waals surface area contributed by atoms with Crippen LogP contribution in [-0.2, 0) is 6.42 Å². The molecular weight excluding hydrogens is 345 g/mol. The third-order valence-electron chi connectivity index (χ3n) is 4.42. The first-order valence-electron chi connectivity index (χ1n) is 8.70. The molecule has 0 aliphatic carbocycles. The van der Waals surface area contributed by atoms with Crippen LogP contribution < -0.4 is 15.4 Å². The monoisotopic (exact) mass is 372 g/mol. The van der Waals surface area contributed by atoms with E-state index in [1.807, 2.05) is 19.1 Å². The largest absolute Gasteiger partial charge is 0.496 e. The average Bonchev–Trinajstić information content (AvgIpc) is 3.00. The second kappa shape index (κ2) is 9.12. The van der Waals surface area contributed by atoms with Gasteiger partial charge in [-0.1, -0.05) is 12.1 Å². The molecule has 0 saturated carbocycles. The number of alkyl halides is 3. The van der Waals surface area contributed by atoms with Crippen molar-refractivity contribution in [3.8, 4) is 5.75 Å². The Morgan fingerprint density at radius 3 is 2.81 bits per heavy atom. The molecule has 1 aromatic carbocycles. The Balaban J connectivity index is 1.76. The van der Waals surface area contributed by atoms with Gasteiger partial charge >= 0.3 is 6.18 Å². The molecule has 2 N–H and O–H groups in total. The SMILES string of the molecule is CN=C(NCCc1ccc(C)c(OC)c1)NC1CCN(CC(F)(F)F)C1. The summed E-state index contributed by atoms with van der Waals surface area (Å²) in [6, 6.07) is 6.07.